The average Bonchev–Trinajstić information content (AvgIpc) is 2.55. The summed E-state index contributed by atoms with van der Waals surface area (Å²) < 4.78 is 22.2. The van der Waals surface area contributed by atoms with Crippen LogP contribution in [0, 0.1) is 0 Å². The van der Waals surface area contributed by atoms with E-state index in [1.165, 1.54) is 0 Å². The minimum Gasteiger partial charge on any atom is -0.376 e. The second-order valence-electron chi connectivity index (χ2n) is 5.64. The van der Waals surface area contributed by atoms with Gasteiger partial charge in [0.2, 0.25) is 5.91 Å². The Morgan fingerprint density at radius 1 is 1.17 bits per heavy atom. The molecule has 0 aliphatic carbocycles. The molecule has 0 N–H and O–H groups in total. The summed E-state index contributed by atoms with van der Waals surface area (Å²) in [7, 11) is 0. The largest absolute Gasteiger partial charge is 0.376 e. The Bertz CT molecular complexity index is 331. The van der Waals surface area contributed by atoms with E-state index in [1.807, 2.05) is 4.90 Å². The van der Waals surface area contributed by atoms with E-state index < -0.39 is 0 Å². The summed E-state index contributed by atoms with van der Waals surface area (Å²) in [4.78, 5) is 14.0. The average molecular weight is 329 g/mol. The molecule has 1 heterocycles. The smallest absolute Gasteiger partial charge is 0.248 e. The number of nitrogens with zero attached hydrogens (tertiary/aromatic N) is 1. The zero-order chi connectivity index (χ0) is 16.9. The molecule has 6 heteroatoms. The monoisotopic (exact) mass is 329 g/mol. The number of carbonyl (C=O) groups excluding carboxylic acids is 1. The lowest BCUT2D eigenvalue weighted by Crippen LogP contribution is -2.42. The van der Waals surface area contributed by atoms with Crippen LogP contribution in [0.3, 0.4) is 0 Å². The van der Waals surface area contributed by atoms with Crippen LogP contribution in [-0.2, 0) is 23.7 Å². The highest BCUT2D eigenvalue weighted by molar-refractivity contribution is 5.77. The first-order valence-corrected chi connectivity index (χ1v) is 8.48. The summed E-state index contributed by atoms with van der Waals surface area (Å²) in [5.41, 5.74) is 0. The standard InChI is InChI=1S/C17H31NO5/c1-4-7-18(8-5-2)17(19)14-22-13-16-12-21-11-15(23-16)10-20-9-6-3/h6,15-16H,3-5,7-14H2,1-2H3. The number of ether oxygens (including phenoxy) is 4. The van der Waals surface area contributed by atoms with E-state index >= 15 is 0 Å². The summed E-state index contributed by atoms with van der Waals surface area (Å²) in [6.45, 7) is 11.7. The van der Waals surface area contributed by atoms with Crippen molar-refractivity contribution in [1.29, 1.82) is 0 Å². The summed E-state index contributed by atoms with van der Waals surface area (Å²) in [6, 6.07) is 0. The topological polar surface area (TPSA) is 57.2 Å². The minimum atomic E-state index is -0.153. The third kappa shape index (κ3) is 8.46. The molecule has 2 atom stereocenters. The number of amides is 1. The van der Waals surface area contributed by atoms with E-state index in [9.17, 15) is 4.79 Å². The van der Waals surface area contributed by atoms with Gasteiger partial charge in [-0.3, -0.25) is 4.79 Å². The van der Waals surface area contributed by atoms with Crippen LogP contribution < -0.4 is 0 Å². The van der Waals surface area contributed by atoms with Gasteiger partial charge in [-0.1, -0.05) is 19.9 Å². The molecule has 0 spiro atoms. The zero-order valence-electron chi connectivity index (χ0n) is 14.5. The van der Waals surface area contributed by atoms with E-state index in [4.69, 9.17) is 18.9 Å². The fraction of sp³-hybridized carbons (Fsp3) is 0.824. The van der Waals surface area contributed by atoms with Crippen molar-refractivity contribution in [3.63, 3.8) is 0 Å². The van der Waals surface area contributed by atoms with Gasteiger partial charge in [-0.05, 0) is 12.8 Å². The van der Waals surface area contributed by atoms with Gasteiger partial charge in [-0.25, -0.2) is 0 Å². The lowest BCUT2D eigenvalue weighted by atomic mass is 10.3. The van der Waals surface area contributed by atoms with E-state index in [1.54, 1.807) is 6.08 Å². The molecule has 0 aromatic carbocycles. The Morgan fingerprint density at radius 3 is 2.35 bits per heavy atom. The van der Waals surface area contributed by atoms with Gasteiger partial charge in [0.25, 0.3) is 0 Å². The lowest BCUT2D eigenvalue weighted by molar-refractivity contribution is -0.174. The maximum atomic E-state index is 12.1. The molecule has 1 amide bonds. The zero-order valence-corrected chi connectivity index (χ0v) is 14.5. The minimum absolute atomic E-state index is 0.0382. The highest BCUT2D eigenvalue weighted by atomic mass is 16.6. The van der Waals surface area contributed by atoms with Crippen molar-refractivity contribution < 1.29 is 23.7 Å². The quantitative estimate of drug-likeness (QED) is 0.402. The first kappa shape index (κ1) is 20.1. The van der Waals surface area contributed by atoms with Gasteiger partial charge in [0.15, 0.2) is 0 Å². The van der Waals surface area contributed by atoms with Gasteiger partial charge in [-0.2, -0.15) is 0 Å². The molecule has 1 rings (SSSR count). The molecular formula is C17H31NO5. The van der Waals surface area contributed by atoms with Crippen LogP contribution in [0.4, 0.5) is 0 Å². The van der Waals surface area contributed by atoms with E-state index in [2.05, 4.69) is 20.4 Å². The Balaban J connectivity index is 2.23. The molecule has 1 saturated heterocycles. The van der Waals surface area contributed by atoms with Crippen LogP contribution in [0.15, 0.2) is 12.7 Å². The Hall–Kier alpha value is -0.950. The molecule has 0 bridgehead atoms. The summed E-state index contributed by atoms with van der Waals surface area (Å²) in [5.74, 6) is 0.0382. The van der Waals surface area contributed by atoms with Crippen molar-refractivity contribution in [3.05, 3.63) is 12.7 Å². The second-order valence-corrected chi connectivity index (χ2v) is 5.64. The second kappa shape index (κ2) is 12.5. The number of hydrogen-bond donors (Lipinski definition) is 0. The predicted octanol–water partition coefficient (Wildman–Crippen LogP) is 1.64. The molecule has 0 aromatic heterocycles. The Labute approximate surface area is 139 Å². The molecule has 0 aromatic rings. The molecule has 2 unspecified atom stereocenters. The highest BCUT2D eigenvalue weighted by Gasteiger charge is 2.24. The normalized spacial score (nSPS) is 21.1. The van der Waals surface area contributed by atoms with E-state index in [0.29, 0.717) is 33.0 Å². The fourth-order valence-electron chi connectivity index (χ4n) is 2.41. The van der Waals surface area contributed by atoms with Gasteiger partial charge in [0.05, 0.1) is 33.0 Å². The molecule has 0 saturated carbocycles. The van der Waals surface area contributed by atoms with Crippen molar-refractivity contribution in [2.24, 2.45) is 0 Å². The SMILES string of the molecule is C=CCOCC1COCC(COCC(=O)N(CCC)CCC)O1. The van der Waals surface area contributed by atoms with Crippen LogP contribution in [0.1, 0.15) is 26.7 Å². The van der Waals surface area contributed by atoms with Gasteiger partial charge >= 0.3 is 0 Å². The number of rotatable bonds is 12. The molecule has 1 fully saturated rings. The molecular weight excluding hydrogens is 298 g/mol. The van der Waals surface area contributed by atoms with Gasteiger partial charge < -0.3 is 23.8 Å². The third-order valence-corrected chi connectivity index (χ3v) is 3.40. The lowest BCUT2D eigenvalue weighted by Gasteiger charge is -2.30. The van der Waals surface area contributed by atoms with Gasteiger partial charge in [0, 0.05) is 13.1 Å². The summed E-state index contributed by atoms with van der Waals surface area (Å²) in [6.07, 6.45) is 3.37. The third-order valence-electron chi connectivity index (χ3n) is 3.40. The van der Waals surface area contributed by atoms with Crippen LogP contribution in [-0.4, -0.2) is 75.7 Å². The predicted molar refractivity (Wildman–Crippen MR) is 88.5 cm³/mol. The van der Waals surface area contributed by atoms with Gasteiger partial charge in [-0.15, -0.1) is 6.58 Å². The Kier molecular flexibility index (Phi) is 10.9. The molecule has 0 radical (unpaired) electrons. The first-order chi connectivity index (χ1) is 11.2. The van der Waals surface area contributed by atoms with Crippen molar-refractivity contribution in [1.82, 2.24) is 4.90 Å². The molecule has 23 heavy (non-hydrogen) atoms. The number of hydrogen-bond acceptors (Lipinski definition) is 5. The molecule has 1 aliphatic rings. The molecule has 1 aliphatic heterocycles. The van der Waals surface area contributed by atoms with Crippen molar-refractivity contribution in [3.8, 4) is 0 Å². The van der Waals surface area contributed by atoms with Crippen molar-refractivity contribution in [2.45, 2.75) is 38.9 Å². The first-order valence-electron chi connectivity index (χ1n) is 8.48. The van der Waals surface area contributed by atoms with Gasteiger partial charge in [0.1, 0.15) is 18.8 Å². The van der Waals surface area contributed by atoms with Crippen LogP contribution in [0.5, 0.6) is 0 Å². The van der Waals surface area contributed by atoms with Crippen LogP contribution in [0.2, 0.25) is 0 Å². The number of carbonyl (C=O) groups is 1. The van der Waals surface area contributed by atoms with Crippen LogP contribution >= 0.6 is 0 Å². The van der Waals surface area contributed by atoms with Crippen LogP contribution in [0.25, 0.3) is 0 Å². The van der Waals surface area contributed by atoms with E-state index in [-0.39, 0.29) is 24.7 Å². The molecule has 6 nitrogen and oxygen atoms in total. The Morgan fingerprint density at radius 2 is 1.78 bits per heavy atom. The maximum Gasteiger partial charge on any atom is 0.248 e. The summed E-state index contributed by atoms with van der Waals surface area (Å²) in [5, 5.41) is 0. The fourth-order valence-corrected chi connectivity index (χ4v) is 2.41. The highest BCUT2D eigenvalue weighted by Crippen LogP contribution is 2.09. The van der Waals surface area contributed by atoms with E-state index in [0.717, 1.165) is 25.9 Å². The van der Waals surface area contributed by atoms with Crippen molar-refractivity contribution in [2.75, 3.05) is 52.7 Å². The van der Waals surface area contributed by atoms with Crippen molar-refractivity contribution >= 4 is 5.91 Å². The summed E-state index contributed by atoms with van der Waals surface area (Å²) >= 11 is 0. The molecule has 134 valence electrons. The maximum absolute atomic E-state index is 12.1.